The van der Waals surface area contributed by atoms with Crippen LogP contribution < -0.4 is 5.32 Å². The van der Waals surface area contributed by atoms with E-state index in [-0.39, 0.29) is 17.9 Å². The van der Waals surface area contributed by atoms with Crippen LogP contribution in [0.25, 0.3) is 0 Å². The van der Waals surface area contributed by atoms with Gasteiger partial charge in [0, 0.05) is 12.1 Å². The largest absolute Gasteiger partial charge is 0.455 e. The van der Waals surface area contributed by atoms with Gasteiger partial charge in [0.2, 0.25) is 0 Å². The summed E-state index contributed by atoms with van der Waals surface area (Å²) in [5, 5.41) is 2.39. The van der Waals surface area contributed by atoms with Gasteiger partial charge in [0.1, 0.15) is 11.6 Å². The van der Waals surface area contributed by atoms with Crippen molar-refractivity contribution < 1.29 is 26.8 Å². The van der Waals surface area contributed by atoms with E-state index in [4.69, 9.17) is 4.42 Å². The summed E-state index contributed by atoms with van der Waals surface area (Å²) in [4.78, 5) is 14.3. The zero-order valence-corrected chi connectivity index (χ0v) is 13.9. The summed E-state index contributed by atoms with van der Waals surface area (Å²) >= 11 is 0. The van der Waals surface area contributed by atoms with Crippen molar-refractivity contribution in [3.63, 3.8) is 0 Å². The highest BCUT2D eigenvalue weighted by atomic mass is 19.4. The number of nitrogens with one attached hydrogen (secondary N) is 1. The number of amides is 1. The normalized spacial score (nSPS) is 15.4. The standard InChI is InChI=1S/C18H18F4N2O2/c19-16-12(4-3-5-14(16)18(20,21)22)10-23-17(25)15-7-6-13(26-15)11-24-8-1-2-9-24/h3-7H,1-2,8-11H2,(H,23,25). The number of hydrogen-bond donors (Lipinski definition) is 1. The van der Waals surface area contributed by atoms with Crippen molar-refractivity contribution in [2.75, 3.05) is 13.1 Å². The summed E-state index contributed by atoms with van der Waals surface area (Å²) in [6, 6.07) is 6.17. The second-order valence-corrected chi connectivity index (χ2v) is 6.21. The number of alkyl halides is 3. The third-order valence-corrected chi connectivity index (χ3v) is 4.29. The van der Waals surface area contributed by atoms with Gasteiger partial charge in [-0.25, -0.2) is 4.39 Å². The molecule has 4 nitrogen and oxygen atoms in total. The molecule has 0 aliphatic carbocycles. The van der Waals surface area contributed by atoms with E-state index in [9.17, 15) is 22.4 Å². The summed E-state index contributed by atoms with van der Waals surface area (Å²) < 4.78 is 57.6. The quantitative estimate of drug-likeness (QED) is 0.811. The number of likely N-dealkylation sites (tertiary alicyclic amines) is 1. The van der Waals surface area contributed by atoms with Crippen LogP contribution in [0.2, 0.25) is 0 Å². The predicted octanol–water partition coefficient (Wildman–Crippen LogP) is 3.96. The van der Waals surface area contributed by atoms with Crippen molar-refractivity contribution in [1.29, 1.82) is 0 Å². The Morgan fingerprint density at radius 2 is 1.88 bits per heavy atom. The minimum Gasteiger partial charge on any atom is -0.455 e. The SMILES string of the molecule is O=C(NCc1cccc(C(F)(F)F)c1F)c1ccc(CN2CCCC2)o1. The minimum atomic E-state index is -4.78. The molecule has 2 heterocycles. The Balaban J connectivity index is 1.61. The van der Waals surface area contributed by atoms with E-state index in [1.807, 2.05) is 0 Å². The summed E-state index contributed by atoms with van der Waals surface area (Å²) in [7, 11) is 0. The van der Waals surface area contributed by atoms with Gasteiger partial charge < -0.3 is 9.73 Å². The van der Waals surface area contributed by atoms with Crippen molar-refractivity contribution in [2.24, 2.45) is 0 Å². The fourth-order valence-corrected chi connectivity index (χ4v) is 2.94. The molecule has 1 aromatic heterocycles. The van der Waals surface area contributed by atoms with Crippen LogP contribution in [0, 0.1) is 5.82 Å². The molecule has 26 heavy (non-hydrogen) atoms. The van der Waals surface area contributed by atoms with Crippen LogP contribution in [0.5, 0.6) is 0 Å². The van der Waals surface area contributed by atoms with Crippen molar-refractivity contribution >= 4 is 5.91 Å². The van der Waals surface area contributed by atoms with Gasteiger partial charge >= 0.3 is 6.18 Å². The number of halogens is 4. The van der Waals surface area contributed by atoms with Crippen LogP contribution >= 0.6 is 0 Å². The molecule has 3 rings (SSSR count). The van der Waals surface area contributed by atoms with E-state index < -0.39 is 23.5 Å². The van der Waals surface area contributed by atoms with Gasteiger partial charge in [-0.15, -0.1) is 0 Å². The first kappa shape index (κ1) is 18.4. The first-order valence-electron chi connectivity index (χ1n) is 8.28. The molecule has 1 aromatic carbocycles. The molecule has 1 saturated heterocycles. The number of furan rings is 1. The zero-order valence-electron chi connectivity index (χ0n) is 13.9. The molecule has 0 unspecified atom stereocenters. The monoisotopic (exact) mass is 370 g/mol. The molecule has 1 aliphatic rings. The minimum absolute atomic E-state index is 0.0478. The highest BCUT2D eigenvalue weighted by molar-refractivity contribution is 5.91. The van der Waals surface area contributed by atoms with Gasteiger partial charge in [-0.1, -0.05) is 12.1 Å². The Kier molecular flexibility index (Phi) is 5.31. The maximum absolute atomic E-state index is 14.0. The Morgan fingerprint density at radius 1 is 1.15 bits per heavy atom. The predicted molar refractivity (Wildman–Crippen MR) is 85.8 cm³/mol. The lowest BCUT2D eigenvalue weighted by Gasteiger charge is -2.12. The van der Waals surface area contributed by atoms with Crippen molar-refractivity contribution in [1.82, 2.24) is 10.2 Å². The van der Waals surface area contributed by atoms with Crippen LogP contribution in [0.15, 0.2) is 34.7 Å². The lowest BCUT2D eigenvalue weighted by Crippen LogP contribution is -2.23. The Hall–Kier alpha value is -2.35. The maximum atomic E-state index is 14.0. The molecule has 0 bridgehead atoms. The number of rotatable bonds is 5. The van der Waals surface area contributed by atoms with Gasteiger partial charge in [0.05, 0.1) is 12.1 Å². The summed E-state index contributed by atoms with van der Waals surface area (Å²) in [5.41, 5.74) is -1.59. The topological polar surface area (TPSA) is 45.5 Å². The first-order valence-corrected chi connectivity index (χ1v) is 8.28. The molecule has 1 N–H and O–H groups in total. The van der Waals surface area contributed by atoms with Crippen molar-refractivity contribution in [3.05, 3.63) is 58.8 Å². The van der Waals surface area contributed by atoms with Gasteiger partial charge in [-0.05, 0) is 44.1 Å². The number of hydrogen-bond acceptors (Lipinski definition) is 3. The number of carbonyl (C=O) groups is 1. The number of carbonyl (C=O) groups excluding carboxylic acids is 1. The van der Waals surface area contributed by atoms with Crippen LogP contribution in [0.3, 0.4) is 0 Å². The maximum Gasteiger partial charge on any atom is 0.419 e. The molecule has 1 amide bonds. The van der Waals surface area contributed by atoms with Crippen molar-refractivity contribution in [2.45, 2.75) is 32.1 Å². The van der Waals surface area contributed by atoms with Gasteiger partial charge in [-0.2, -0.15) is 13.2 Å². The van der Waals surface area contributed by atoms with E-state index in [0.717, 1.165) is 32.0 Å². The summed E-state index contributed by atoms with van der Waals surface area (Å²) in [5.74, 6) is -1.29. The van der Waals surface area contributed by atoms with Crippen molar-refractivity contribution in [3.8, 4) is 0 Å². The Labute approximate surface area is 147 Å². The van der Waals surface area contributed by atoms with Crippen LogP contribution in [-0.4, -0.2) is 23.9 Å². The third-order valence-electron chi connectivity index (χ3n) is 4.29. The lowest BCUT2D eigenvalue weighted by atomic mass is 10.1. The molecule has 1 aliphatic heterocycles. The molecule has 1 fully saturated rings. The van der Waals surface area contributed by atoms with Gasteiger partial charge in [0.25, 0.3) is 5.91 Å². The van der Waals surface area contributed by atoms with Gasteiger partial charge in [-0.3, -0.25) is 9.69 Å². The Bertz CT molecular complexity index is 780. The van der Waals surface area contributed by atoms with E-state index >= 15 is 0 Å². The molecule has 0 saturated carbocycles. The summed E-state index contributed by atoms with van der Waals surface area (Å²) in [6.07, 6.45) is -2.51. The second-order valence-electron chi connectivity index (χ2n) is 6.21. The first-order chi connectivity index (χ1) is 12.3. The zero-order chi connectivity index (χ0) is 18.7. The molecule has 0 radical (unpaired) electrons. The molecule has 0 atom stereocenters. The third kappa shape index (κ3) is 4.24. The van der Waals surface area contributed by atoms with Crippen LogP contribution in [0.4, 0.5) is 17.6 Å². The molecule has 8 heteroatoms. The van der Waals surface area contributed by atoms with Crippen LogP contribution in [0.1, 0.15) is 40.3 Å². The van der Waals surface area contributed by atoms with E-state index in [1.165, 1.54) is 12.1 Å². The number of benzene rings is 1. The number of nitrogens with zero attached hydrogens (tertiary/aromatic N) is 1. The fraction of sp³-hybridized carbons (Fsp3) is 0.389. The van der Waals surface area contributed by atoms with E-state index in [0.29, 0.717) is 18.4 Å². The average molecular weight is 370 g/mol. The second kappa shape index (κ2) is 7.49. The van der Waals surface area contributed by atoms with E-state index in [1.54, 1.807) is 6.07 Å². The Morgan fingerprint density at radius 3 is 2.58 bits per heavy atom. The highest BCUT2D eigenvalue weighted by Gasteiger charge is 2.34. The molecule has 140 valence electrons. The fourth-order valence-electron chi connectivity index (χ4n) is 2.94. The van der Waals surface area contributed by atoms with E-state index in [2.05, 4.69) is 10.2 Å². The van der Waals surface area contributed by atoms with Crippen LogP contribution in [-0.2, 0) is 19.3 Å². The highest BCUT2D eigenvalue weighted by Crippen LogP contribution is 2.32. The molecule has 2 aromatic rings. The summed E-state index contributed by atoms with van der Waals surface area (Å²) in [6.45, 7) is 2.21. The lowest BCUT2D eigenvalue weighted by molar-refractivity contribution is -0.140. The smallest absolute Gasteiger partial charge is 0.419 e. The molecular weight excluding hydrogens is 352 g/mol. The van der Waals surface area contributed by atoms with Gasteiger partial charge in [0.15, 0.2) is 5.76 Å². The molecular formula is C18H18F4N2O2. The average Bonchev–Trinajstić information content (AvgIpc) is 3.25. The molecule has 0 spiro atoms.